The number of nitrogens with zero attached hydrogens (tertiary/aromatic N) is 3. The van der Waals surface area contributed by atoms with E-state index in [-0.39, 0.29) is 36.4 Å². The molecule has 3 amide bonds. The summed E-state index contributed by atoms with van der Waals surface area (Å²) in [5.74, 6) is -1.56. The zero-order valence-electron chi connectivity index (χ0n) is 19.1. The van der Waals surface area contributed by atoms with Crippen molar-refractivity contribution in [3.8, 4) is 0 Å². The number of carbonyl (C=O) groups is 3. The van der Waals surface area contributed by atoms with Gasteiger partial charge >= 0.3 is 0 Å². The lowest BCUT2D eigenvalue weighted by atomic mass is 9.93. The first-order valence-corrected chi connectivity index (χ1v) is 11.5. The second-order valence-electron chi connectivity index (χ2n) is 9.03. The fourth-order valence-electron chi connectivity index (χ4n) is 4.74. The molecule has 1 saturated carbocycles. The molecule has 2 aliphatic rings. The molecule has 8 nitrogen and oxygen atoms in total. The number of aromatic nitrogens is 2. The molecule has 0 bridgehead atoms. The first-order valence-electron chi connectivity index (χ1n) is 11.5. The quantitative estimate of drug-likeness (QED) is 0.671. The van der Waals surface area contributed by atoms with Crippen LogP contribution in [0, 0.1) is 5.82 Å². The molecule has 33 heavy (non-hydrogen) atoms. The number of carbonyl (C=O) groups excluding carboxylic acids is 3. The molecule has 2 N–H and O–H groups in total. The number of imidazole rings is 1. The van der Waals surface area contributed by atoms with Crippen LogP contribution in [0.1, 0.15) is 72.5 Å². The van der Waals surface area contributed by atoms with Gasteiger partial charge in [-0.05, 0) is 32.3 Å². The summed E-state index contributed by atoms with van der Waals surface area (Å²) in [6.45, 7) is 4.28. The lowest BCUT2D eigenvalue weighted by Gasteiger charge is -2.44. The van der Waals surface area contributed by atoms with Gasteiger partial charge in [-0.3, -0.25) is 14.4 Å². The van der Waals surface area contributed by atoms with Crippen LogP contribution in [-0.2, 0) is 17.9 Å². The second-order valence-corrected chi connectivity index (χ2v) is 9.03. The largest absolute Gasteiger partial charge is 0.351 e. The van der Waals surface area contributed by atoms with Gasteiger partial charge in [-0.25, -0.2) is 9.37 Å². The number of hydrogen-bond donors (Lipinski definition) is 2. The van der Waals surface area contributed by atoms with Gasteiger partial charge in [0.1, 0.15) is 17.1 Å². The van der Waals surface area contributed by atoms with Gasteiger partial charge in [-0.15, -0.1) is 0 Å². The standard InChI is InChI=1S/C24H30FN5O3/c1-3-12-30-22(32)20-19(21(31)26-13-16-8-4-7-11-18(16)25)27-15-29(20)14-24(30,2)23(33)28-17-9-5-6-10-17/h4,7-8,11,15,17H,3,5-6,9-10,12-14H2,1-2H3,(H,26,31)(H,28,33). The molecule has 176 valence electrons. The maximum Gasteiger partial charge on any atom is 0.273 e. The minimum Gasteiger partial charge on any atom is -0.351 e. The number of nitrogens with one attached hydrogen (secondary N) is 2. The van der Waals surface area contributed by atoms with Crippen molar-refractivity contribution in [2.75, 3.05) is 6.54 Å². The highest BCUT2D eigenvalue weighted by molar-refractivity contribution is 6.07. The van der Waals surface area contributed by atoms with Crippen LogP contribution in [0.3, 0.4) is 0 Å². The van der Waals surface area contributed by atoms with Crippen LogP contribution in [0.4, 0.5) is 4.39 Å². The van der Waals surface area contributed by atoms with Crippen molar-refractivity contribution < 1.29 is 18.8 Å². The van der Waals surface area contributed by atoms with Gasteiger partial charge in [0.15, 0.2) is 5.69 Å². The Bertz CT molecular complexity index is 1060. The van der Waals surface area contributed by atoms with E-state index < -0.39 is 23.2 Å². The summed E-state index contributed by atoms with van der Waals surface area (Å²) in [4.78, 5) is 45.4. The number of halogens is 1. The average molecular weight is 456 g/mol. The van der Waals surface area contributed by atoms with E-state index in [1.165, 1.54) is 12.4 Å². The van der Waals surface area contributed by atoms with Crippen LogP contribution in [0.5, 0.6) is 0 Å². The first-order chi connectivity index (χ1) is 15.8. The number of hydrogen-bond acceptors (Lipinski definition) is 4. The Kier molecular flexibility index (Phi) is 6.49. The monoisotopic (exact) mass is 455 g/mol. The summed E-state index contributed by atoms with van der Waals surface area (Å²) >= 11 is 0. The Morgan fingerprint density at radius 1 is 1.24 bits per heavy atom. The van der Waals surface area contributed by atoms with Gasteiger partial charge in [0.25, 0.3) is 11.8 Å². The molecule has 2 heterocycles. The van der Waals surface area contributed by atoms with Gasteiger partial charge in [0.05, 0.1) is 12.9 Å². The van der Waals surface area contributed by atoms with Gasteiger partial charge in [-0.2, -0.15) is 0 Å². The van der Waals surface area contributed by atoms with Crippen molar-refractivity contribution >= 4 is 17.7 Å². The van der Waals surface area contributed by atoms with E-state index in [2.05, 4.69) is 15.6 Å². The molecule has 0 radical (unpaired) electrons. The summed E-state index contributed by atoms with van der Waals surface area (Å²) < 4.78 is 15.5. The Hall–Kier alpha value is -3.23. The lowest BCUT2D eigenvalue weighted by molar-refractivity contribution is -0.133. The van der Waals surface area contributed by atoms with E-state index >= 15 is 0 Å². The van der Waals surface area contributed by atoms with Crippen molar-refractivity contribution in [3.05, 3.63) is 53.4 Å². The fourth-order valence-corrected chi connectivity index (χ4v) is 4.74. The van der Waals surface area contributed by atoms with Crippen molar-refractivity contribution in [2.24, 2.45) is 0 Å². The van der Waals surface area contributed by atoms with Crippen LogP contribution >= 0.6 is 0 Å². The smallest absolute Gasteiger partial charge is 0.273 e. The van der Waals surface area contributed by atoms with Crippen molar-refractivity contribution in [3.63, 3.8) is 0 Å². The molecule has 1 atom stereocenters. The number of fused-ring (bicyclic) bond motifs is 1. The molecule has 0 saturated heterocycles. The SMILES string of the molecule is CCCN1C(=O)c2c(C(=O)NCc3ccccc3F)ncn2CC1(C)C(=O)NC1CCCC1. The van der Waals surface area contributed by atoms with Crippen LogP contribution in [0.25, 0.3) is 0 Å². The Balaban J connectivity index is 1.57. The predicted molar refractivity (Wildman–Crippen MR) is 120 cm³/mol. The van der Waals surface area contributed by atoms with E-state index in [9.17, 15) is 18.8 Å². The molecule has 1 fully saturated rings. The molecule has 4 rings (SSSR count). The third kappa shape index (κ3) is 4.36. The lowest BCUT2D eigenvalue weighted by Crippen LogP contribution is -2.65. The maximum atomic E-state index is 13.9. The Labute approximate surface area is 192 Å². The molecule has 2 aromatic rings. The second kappa shape index (κ2) is 9.33. The Morgan fingerprint density at radius 2 is 1.97 bits per heavy atom. The van der Waals surface area contributed by atoms with Crippen molar-refractivity contribution in [1.29, 1.82) is 0 Å². The van der Waals surface area contributed by atoms with Crippen LogP contribution < -0.4 is 10.6 Å². The van der Waals surface area contributed by atoms with E-state index in [0.29, 0.717) is 18.5 Å². The third-order valence-electron chi connectivity index (χ3n) is 6.60. The van der Waals surface area contributed by atoms with E-state index in [4.69, 9.17) is 0 Å². The number of benzene rings is 1. The molecule has 0 spiro atoms. The van der Waals surface area contributed by atoms with Gasteiger partial charge < -0.3 is 20.1 Å². The van der Waals surface area contributed by atoms with Crippen LogP contribution in [0.15, 0.2) is 30.6 Å². The Morgan fingerprint density at radius 3 is 2.67 bits per heavy atom. The molecule has 1 aliphatic heterocycles. The van der Waals surface area contributed by atoms with E-state index in [0.717, 1.165) is 25.7 Å². The van der Waals surface area contributed by atoms with Gasteiger partial charge in [0.2, 0.25) is 5.91 Å². The molecule has 1 aliphatic carbocycles. The van der Waals surface area contributed by atoms with Crippen LogP contribution in [0.2, 0.25) is 0 Å². The molecule has 1 aromatic carbocycles. The average Bonchev–Trinajstić information content (AvgIpc) is 3.45. The number of amides is 3. The van der Waals surface area contributed by atoms with Crippen molar-refractivity contribution in [2.45, 2.75) is 70.6 Å². The fraction of sp³-hybridized carbons (Fsp3) is 0.500. The molecule has 1 unspecified atom stereocenters. The topological polar surface area (TPSA) is 96.3 Å². The minimum atomic E-state index is -1.08. The molecule has 9 heteroatoms. The summed E-state index contributed by atoms with van der Waals surface area (Å²) in [5, 5.41) is 5.77. The van der Waals surface area contributed by atoms with E-state index in [1.54, 1.807) is 34.6 Å². The number of rotatable bonds is 7. The summed E-state index contributed by atoms with van der Waals surface area (Å²) in [5.41, 5.74) is -0.602. The zero-order valence-corrected chi connectivity index (χ0v) is 19.1. The highest BCUT2D eigenvalue weighted by atomic mass is 19.1. The first kappa shape index (κ1) is 22.9. The summed E-state index contributed by atoms with van der Waals surface area (Å²) in [6.07, 6.45) is 6.18. The maximum absolute atomic E-state index is 13.9. The summed E-state index contributed by atoms with van der Waals surface area (Å²) in [7, 11) is 0. The highest BCUT2D eigenvalue weighted by Crippen LogP contribution is 2.30. The third-order valence-corrected chi connectivity index (χ3v) is 6.60. The minimum absolute atomic E-state index is 0.0179. The highest BCUT2D eigenvalue weighted by Gasteiger charge is 2.48. The molecule has 1 aromatic heterocycles. The zero-order chi connectivity index (χ0) is 23.6. The van der Waals surface area contributed by atoms with Crippen LogP contribution in [-0.4, -0.2) is 50.3 Å². The summed E-state index contributed by atoms with van der Waals surface area (Å²) in [6, 6.07) is 6.31. The van der Waals surface area contributed by atoms with E-state index in [1.807, 2.05) is 6.92 Å². The van der Waals surface area contributed by atoms with Gasteiger partial charge in [-0.1, -0.05) is 38.0 Å². The molecular weight excluding hydrogens is 425 g/mol. The molecular formula is C24H30FN5O3. The van der Waals surface area contributed by atoms with Gasteiger partial charge in [0, 0.05) is 24.7 Å². The van der Waals surface area contributed by atoms with Crippen molar-refractivity contribution in [1.82, 2.24) is 25.1 Å². The normalized spacial score (nSPS) is 20.6. The predicted octanol–water partition coefficient (Wildman–Crippen LogP) is 2.64.